The van der Waals surface area contributed by atoms with Crippen molar-refractivity contribution in [1.29, 1.82) is 0 Å². The van der Waals surface area contributed by atoms with Crippen molar-refractivity contribution in [2.75, 3.05) is 13.1 Å². The van der Waals surface area contributed by atoms with Gasteiger partial charge in [0.2, 0.25) is 5.91 Å². The predicted molar refractivity (Wildman–Crippen MR) is 97.9 cm³/mol. The van der Waals surface area contributed by atoms with Crippen LogP contribution in [0, 0.1) is 11.8 Å². The molecule has 1 aliphatic heterocycles. The number of hydrogen-bond acceptors (Lipinski definition) is 2. The van der Waals surface area contributed by atoms with Gasteiger partial charge in [-0.2, -0.15) is 0 Å². The van der Waals surface area contributed by atoms with Crippen molar-refractivity contribution < 1.29 is 9.59 Å². The highest BCUT2D eigenvalue weighted by molar-refractivity contribution is 5.75. The SMILES string of the molecule is NC(=O)CC1CCN(C(=O)N[C@@H]2CCC[C@@H]2Cc2ccccc2)CC1. The van der Waals surface area contributed by atoms with Crippen LogP contribution in [0.5, 0.6) is 0 Å². The first-order valence-electron chi connectivity index (χ1n) is 9.49. The largest absolute Gasteiger partial charge is 0.370 e. The number of nitrogens with one attached hydrogen (secondary N) is 1. The molecule has 1 aliphatic carbocycles. The first kappa shape index (κ1) is 17.8. The first-order valence-corrected chi connectivity index (χ1v) is 9.49. The molecule has 2 aliphatic rings. The van der Waals surface area contributed by atoms with Crippen molar-refractivity contribution in [2.45, 2.75) is 51.0 Å². The van der Waals surface area contributed by atoms with Crippen molar-refractivity contribution >= 4 is 11.9 Å². The van der Waals surface area contributed by atoms with Gasteiger partial charge in [0, 0.05) is 25.6 Å². The molecule has 3 amide bonds. The monoisotopic (exact) mass is 343 g/mol. The lowest BCUT2D eigenvalue weighted by Crippen LogP contribution is -2.49. The number of likely N-dealkylation sites (tertiary alicyclic amines) is 1. The number of hydrogen-bond donors (Lipinski definition) is 2. The molecular weight excluding hydrogens is 314 g/mol. The van der Waals surface area contributed by atoms with Crippen molar-refractivity contribution in [3.63, 3.8) is 0 Å². The van der Waals surface area contributed by atoms with Crippen molar-refractivity contribution in [3.05, 3.63) is 35.9 Å². The van der Waals surface area contributed by atoms with Crippen LogP contribution in [0.1, 0.15) is 44.1 Å². The summed E-state index contributed by atoms with van der Waals surface area (Å²) < 4.78 is 0. The predicted octanol–water partition coefficient (Wildman–Crippen LogP) is 2.69. The lowest BCUT2D eigenvalue weighted by molar-refractivity contribution is -0.119. The van der Waals surface area contributed by atoms with Crippen LogP contribution in [0.15, 0.2) is 30.3 Å². The summed E-state index contributed by atoms with van der Waals surface area (Å²) in [5.74, 6) is 0.621. The van der Waals surface area contributed by atoms with E-state index in [0.29, 0.717) is 18.3 Å². The fourth-order valence-corrected chi connectivity index (χ4v) is 4.26. The number of rotatable bonds is 5. The third kappa shape index (κ3) is 4.97. The molecule has 0 spiro atoms. The maximum absolute atomic E-state index is 12.6. The highest BCUT2D eigenvalue weighted by Crippen LogP contribution is 2.29. The summed E-state index contributed by atoms with van der Waals surface area (Å²) >= 11 is 0. The summed E-state index contributed by atoms with van der Waals surface area (Å²) in [6.45, 7) is 1.44. The fourth-order valence-electron chi connectivity index (χ4n) is 4.26. The molecule has 0 unspecified atom stereocenters. The summed E-state index contributed by atoms with van der Waals surface area (Å²) in [7, 11) is 0. The number of nitrogens with zero attached hydrogens (tertiary/aromatic N) is 1. The number of primary amides is 1. The maximum Gasteiger partial charge on any atom is 0.317 e. The average molecular weight is 343 g/mol. The van der Waals surface area contributed by atoms with Gasteiger partial charge in [-0.15, -0.1) is 0 Å². The van der Waals surface area contributed by atoms with Crippen LogP contribution >= 0.6 is 0 Å². The molecule has 5 heteroatoms. The summed E-state index contributed by atoms with van der Waals surface area (Å²) in [5, 5.41) is 3.27. The van der Waals surface area contributed by atoms with Crippen LogP contribution in [0.2, 0.25) is 0 Å². The van der Waals surface area contributed by atoms with Crippen LogP contribution in [0.3, 0.4) is 0 Å². The fraction of sp³-hybridized carbons (Fsp3) is 0.600. The molecule has 1 heterocycles. The zero-order chi connectivity index (χ0) is 17.6. The smallest absolute Gasteiger partial charge is 0.317 e. The molecule has 3 N–H and O–H groups in total. The second-order valence-corrected chi connectivity index (χ2v) is 7.54. The molecule has 3 rings (SSSR count). The van der Waals surface area contributed by atoms with Gasteiger partial charge < -0.3 is 16.0 Å². The van der Waals surface area contributed by atoms with E-state index in [0.717, 1.165) is 38.8 Å². The first-order chi connectivity index (χ1) is 12.1. The standard InChI is InChI=1S/C20H29N3O2/c21-19(24)14-16-9-11-23(12-10-16)20(25)22-18-8-4-7-17(18)13-15-5-2-1-3-6-15/h1-3,5-6,16-18H,4,7-14H2,(H2,21,24)(H,22,25)/t17-,18-/m1/s1. The lowest BCUT2D eigenvalue weighted by atomic mass is 9.93. The molecule has 0 aromatic heterocycles. The Bertz CT molecular complexity index is 582. The second-order valence-electron chi connectivity index (χ2n) is 7.54. The van der Waals surface area contributed by atoms with E-state index in [1.165, 1.54) is 18.4 Å². The minimum Gasteiger partial charge on any atom is -0.370 e. The molecule has 2 fully saturated rings. The normalized spacial score (nSPS) is 24.2. The van der Waals surface area contributed by atoms with E-state index in [2.05, 4.69) is 29.6 Å². The van der Waals surface area contributed by atoms with Gasteiger partial charge in [0.25, 0.3) is 0 Å². The van der Waals surface area contributed by atoms with Gasteiger partial charge in [-0.25, -0.2) is 4.79 Å². The van der Waals surface area contributed by atoms with Crippen molar-refractivity contribution in [2.24, 2.45) is 17.6 Å². The van der Waals surface area contributed by atoms with Crippen LogP contribution in [0.4, 0.5) is 4.79 Å². The third-order valence-corrected chi connectivity index (χ3v) is 5.70. The molecule has 0 radical (unpaired) electrons. The number of piperidine rings is 1. The average Bonchev–Trinajstić information content (AvgIpc) is 3.02. The van der Waals surface area contributed by atoms with Crippen LogP contribution in [0.25, 0.3) is 0 Å². The maximum atomic E-state index is 12.6. The van der Waals surface area contributed by atoms with E-state index < -0.39 is 0 Å². The minimum absolute atomic E-state index is 0.0579. The van der Waals surface area contributed by atoms with E-state index >= 15 is 0 Å². The molecule has 136 valence electrons. The molecule has 1 aromatic carbocycles. The van der Waals surface area contributed by atoms with Crippen molar-refractivity contribution in [1.82, 2.24) is 10.2 Å². The number of amides is 3. The summed E-state index contributed by atoms with van der Waals surface area (Å²) in [6, 6.07) is 10.9. The third-order valence-electron chi connectivity index (χ3n) is 5.70. The van der Waals surface area contributed by atoms with Gasteiger partial charge in [-0.3, -0.25) is 4.79 Å². The number of urea groups is 1. The Morgan fingerprint density at radius 2 is 1.80 bits per heavy atom. The molecule has 1 saturated carbocycles. The minimum atomic E-state index is -0.238. The number of carbonyl (C=O) groups excluding carboxylic acids is 2. The molecule has 5 nitrogen and oxygen atoms in total. The quantitative estimate of drug-likeness (QED) is 0.862. The Kier molecular flexibility index (Phi) is 5.95. The van der Waals surface area contributed by atoms with Crippen molar-refractivity contribution in [3.8, 4) is 0 Å². The van der Waals surface area contributed by atoms with Crippen LogP contribution in [-0.2, 0) is 11.2 Å². The molecule has 2 atom stereocenters. The topological polar surface area (TPSA) is 75.4 Å². The van der Waals surface area contributed by atoms with Gasteiger partial charge in [0.05, 0.1) is 0 Å². The Balaban J connectivity index is 1.48. The Morgan fingerprint density at radius 3 is 2.48 bits per heavy atom. The lowest BCUT2D eigenvalue weighted by Gasteiger charge is -2.33. The van der Waals surface area contributed by atoms with E-state index in [1.54, 1.807) is 0 Å². The van der Waals surface area contributed by atoms with Gasteiger partial charge in [-0.1, -0.05) is 36.8 Å². The van der Waals surface area contributed by atoms with Crippen LogP contribution in [-0.4, -0.2) is 36.0 Å². The highest BCUT2D eigenvalue weighted by Gasteiger charge is 2.31. The van der Waals surface area contributed by atoms with E-state index in [4.69, 9.17) is 5.73 Å². The second kappa shape index (κ2) is 8.37. The molecule has 25 heavy (non-hydrogen) atoms. The van der Waals surface area contributed by atoms with Gasteiger partial charge in [-0.05, 0) is 49.5 Å². The van der Waals surface area contributed by atoms with Gasteiger partial charge in [0.15, 0.2) is 0 Å². The molecular formula is C20H29N3O2. The Labute approximate surface area is 150 Å². The summed E-state index contributed by atoms with van der Waals surface area (Å²) in [5.41, 5.74) is 6.62. The van der Waals surface area contributed by atoms with Crippen LogP contribution < -0.4 is 11.1 Å². The number of benzene rings is 1. The zero-order valence-electron chi connectivity index (χ0n) is 14.8. The van der Waals surface area contributed by atoms with Gasteiger partial charge in [0.1, 0.15) is 0 Å². The van der Waals surface area contributed by atoms with E-state index in [-0.39, 0.29) is 18.0 Å². The highest BCUT2D eigenvalue weighted by atomic mass is 16.2. The molecule has 1 saturated heterocycles. The molecule has 1 aromatic rings. The summed E-state index contributed by atoms with van der Waals surface area (Å²) in [6.07, 6.45) is 6.65. The van der Waals surface area contributed by atoms with E-state index in [9.17, 15) is 9.59 Å². The zero-order valence-corrected chi connectivity index (χ0v) is 14.8. The number of carbonyl (C=O) groups is 2. The number of nitrogens with two attached hydrogens (primary N) is 1. The molecule has 0 bridgehead atoms. The van der Waals surface area contributed by atoms with Gasteiger partial charge >= 0.3 is 6.03 Å². The van der Waals surface area contributed by atoms with E-state index in [1.807, 2.05) is 11.0 Å². The Hall–Kier alpha value is -2.04. The Morgan fingerprint density at radius 1 is 1.08 bits per heavy atom. The summed E-state index contributed by atoms with van der Waals surface area (Å²) in [4.78, 5) is 25.5.